The zero-order valence-corrected chi connectivity index (χ0v) is 12.9. The zero-order chi connectivity index (χ0) is 14.2. The summed E-state index contributed by atoms with van der Waals surface area (Å²) in [4.78, 5) is 8.86. The van der Waals surface area contributed by atoms with Crippen molar-refractivity contribution in [1.29, 1.82) is 0 Å². The molecule has 20 heavy (non-hydrogen) atoms. The summed E-state index contributed by atoms with van der Waals surface area (Å²) in [7, 11) is 3.87. The van der Waals surface area contributed by atoms with Gasteiger partial charge in [0.25, 0.3) is 5.95 Å². The van der Waals surface area contributed by atoms with Gasteiger partial charge in [-0.2, -0.15) is 4.98 Å². The van der Waals surface area contributed by atoms with E-state index in [1.807, 2.05) is 19.0 Å². The maximum absolute atomic E-state index is 5.37. The highest BCUT2D eigenvalue weighted by atomic mass is 16.5. The Labute approximate surface area is 121 Å². The Kier molecular flexibility index (Phi) is 3.71. The van der Waals surface area contributed by atoms with Crippen LogP contribution in [0, 0.1) is 5.92 Å². The predicted molar refractivity (Wildman–Crippen MR) is 78.6 cm³/mol. The average molecular weight is 278 g/mol. The van der Waals surface area contributed by atoms with E-state index >= 15 is 0 Å². The third-order valence-corrected chi connectivity index (χ3v) is 5.28. The SMILES string of the molecule is CN(C)c1noc(CN2CC[C@@]2(C)C2CCCCC2)n1. The molecule has 3 rings (SSSR count). The van der Waals surface area contributed by atoms with Crippen LogP contribution in [0.1, 0.15) is 51.3 Å². The molecule has 5 heteroatoms. The van der Waals surface area contributed by atoms with Gasteiger partial charge in [0.1, 0.15) is 0 Å². The minimum Gasteiger partial charge on any atom is -0.344 e. The van der Waals surface area contributed by atoms with Gasteiger partial charge in [-0.3, -0.25) is 4.90 Å². The van der Waals surface area contributed by atoms with Crippen molar-refractivity contribution >= 4 is 5.95 Å². The fourth-order valence-corrected chi connectivity index (χ4v) is 3.72. The van der Waals surface area contributed by atoms with E-state index in [0.717, 1.165) is 24.9 Å². The summed E-state index contributed by atoms with van der Waals surface area (Å²) in [6.07, 6.45) is 8.31. The lowest BCUT2D eigenvalue weighted by Gasteiger charge is -2.55. The molecule has 1 saturated heterocycles. The summed E-state index contributed by atoms with van der Waals surface area (Å²) in [6.45, 7) is 4.39. The number of anilines is 1. The molecule has 0 bridgehead atoms. The number of aromatic nitrogens is 2. The lowest BCUT2D eigenvalue weighted by Crippen LogP contribution is -2.61. The van der Waals surface area contributed by atoms with Crippen LogP contribution in [-0.4, -0.2) is 41.2 Å². The van der Waals surface area contributed by atoms with Crippen LogP contribution in [0.25, 0.3) is 0 Å². The zero-order valence-electron chi connectivity index (χ0n) is 12.9. The fourth-order valence-electron chi connectivity index (χ4n) is 3.72. The molecule has 1 aliphatic heterocycles. The second-order valence-electron chi connectivity index (χ2n) is 6.75. The summed E-state index contributed by atoms with van der Waals surface area (Å²) in [5.41, 5.74) is 0.354. The van der Waals surface area contributed by atoms with E-state index in [1.165, 1.54) is 38.5 Å². The highest BCUT2D eigenvalue weighted by Gasteiger charge is 2.46. The Hall–Kier alpha value is -1.10. The molecule has 1 aliphatic carbocycles. The summed E-state index contributed by atoms with van der Waals surface area (Å²) in [5, 5.41) is 4.00. The molecule has 0 aromatic carbocycles. The second kappa shape index (κ2) is 5.35. The van der Waals surface area contributed by atoms with E-state index in [0.29, 0.717) is 11.5 Å². The number of nitrogens with zero attached hydrogens (tertiary/aromatic N) is 4. The molecule has 2 heterocycles. The topological polar surface area (TPSA) is 45.4 Å². The molecule has 0 amide bonds. The molecule has 0 spiro atoms. The molecular formula is C15H26N4O. The Balaban J connectivity index is 1.64. The number of hydrogen-bond acceptors (Lipinski definition) is 5. The second-order valence-corrected chi connectivity index (χ2v) is 6.75. The molecule has 0 unspecified atom stereocenters. The third kappa shape index (κ3) is 2.43. The lowest BCUT2D eigenvalue weighted by atomic mass is 9.69. The van der Waals surface area contributed by atoms with Crippen LogP contribution >= 0.6 is 0 Å². The standard InChI is InChI=1S/C15H26N4O/c1-15(12-7-5-4-6-8-12)9-10-19(15)11-13-16-14(17-20-13)18(2)3/h12H,4-11H2,1-3H3/t15-/m0/s1. The van der Waals surface area contributed by atoms with Gasteiger partial charge in [-0.05, 0) is 37.3 Å². The van der Waals surface area contributed by atoms with E-state index in [1.54, 1.807) is 0 Å². The van der Waals surface area contributed by atoms with Crippen molar-refractivity contribution in [1.82, 2.24) is 15.0 Å². The van der Waals surface area contributed by atoms with Crippen LogP contribution in [0.3, 0.4) is 0 Å². The number of hydrogen-bond donors (Lipinski definition) is 0. The van der Waals surface area contributed by atoms with Gasteiger partial charge in [-0.15, -0.1) is 0 Å². The van der Waals surface area contributed by atoms with Crippen molar-refractivity contribution in [3.63, 3.8) is 0 Å². The average Bonchev–Trinajstić information content (AvgIpc) is 2.93. The monoisotopic (exact) mass is 278 g/mol. The van der Waals surface area contributed by atoms with Gasteiger partial charge >= 0.3 is 0 Å². The Morgan fingerprint density at radius 1 is 1.30 bits per heavy atom. The van der Waals surface area contributed by atoms with Crippen LogP contribution in [0.2, 0.25) is 0 Å². The molecule has 0 radical (unpaired) electrons. The lowest BCUT2D eigenvalue weighted by molar-refractivity contribution is -0.0684. The maximum atomic E-state index is 5.37. The van der Waals surface area contributed by atoms with Crippen LogP contribution < -0.4 is 4.90 Å². The first-order chi connectivity index (χ1) is 9.59. The van der Waals surface area contributed by atoms with Gasteiger partial charge in [-0.1, -0.05) is 19.3 Å². The molecule has 1 saturated carbocycles. The fraction of sp³-hybridized carbons (Fsp3) is 0.867. The van der Waals surface area contributed by atoms with Gasteiger partial charge in [0.05, 0.1) is 6.54 Å². The smallest absolute Gasteiger partial charge is 0.265 e. The summed E-state index contributed by atoms with van der Waals surface area (Å²) < 4.78 is 5.37. The molecule has 2 fully saturated rings. The first kappa shape index (κ1) is 13.9. The normalized spacial score (nSPS) is 28.4. The van der Waals surface area contributed by atoms with Crippen LogP contribution in [0.4, 0.5) is 5.95 Å². The molecule has 5 nitrogen and oxygen atoms in total. The van der Waals surface area contributed by atoms with Crippen molar-refractivity contribution in [3.8, 4) is 0 Å². The van der Waals surface area contributed by atoms with Crippen molar-refractivity contribution in [2.45, 2.75) is 57.5 Å². The summed E-state index contributed by atoms with van der Waals surface area (Å²) >= 11 is 0. The van der Waals surface area contributed by atoms with Gasteiger partial charge < -0.3 is 9.42 Å². The van der Waals surface area contributed by atoms with E-state index in [2.05, 4.69) is 22.0 Å². The molecule has 1 aromatic rings. The minimum atomic E-state index is 0.354. The first-order valence-electron chi connectivity index (χ1n) is 7.84. The quantitative estimate of drug-likeness (QED) is 0.847. The van der Waals surface area contributed by atoms with E-state index in [-0.39, 0.29) is 0 Å². The summed E-state index contributed by atoms with van der Waals surface area (Å²) in [6, 6.07) is 0. The Bertz CT molecular complexity index is 452. The highest BCUT2D eigenvalue weighted by molar-refractivity contribution is 5.23. The van der Waals surface area contributed by atoms with Crippen molar-refractivity contribution < 1.29 is 4.52 Å². The van der Waals surface area contributed by atoms with Crippen molar-refractivity contribution in [2.24, 2.45) is 5.92 Å². The molecule has 1 aromatic heterocycles. The third-order valence-electron chi connectivity index (χ3n) is 5.28. The van der Waals surface area contributed by atoms with Gasteiger partial charge in [-0.25, -0.2) is 0 Å². The highest BCUT2D eigenvalue weighted by Crippen LogP contribution is 2.44. The van der Waals surface area contributed by atoms with E-state index in [4.69, 9.17) is 4.52 Å². The van der Waals surface area contributed by atoms with Crippen LogP contribution in [0.15, 0.2) is 4.52 Å². The Morgan fingerprint density at radius 2 is 2.05 bits per heavy atom. The Morgan fingerprint density at radius 3 is 2.60 bits per heavy atom. The molecule has 0 N–H and O–H groups in total. The minimum absolute atomic E-state index is 0.354. The van der Waals surface area contributed by atoms with E-state index in [9.17, 15) is 0 Å². The molecule has 112 valence electrons. The molecular weight excluding hydrogens is 252 g/mol. The van der Waals surface area contributed by atoms with Crippen molar-refractivity contribution in [2.75, 3.05) is 25.5 Å². The van der Waals surface area contributed by atoms with Gasteiger partial charge in [0.15, 0.2) is 0 Å². The largest absolute Gasteiger partial charge is 0.344 e. The first-order valence-corrected chi connectivity index (χ1v) is 7.84. The van der Waals surface area contributed by atoms with Crippen LogP contribution in [0.5, 0.6) is 0 Å². The van der Waals surface area contributed by atoms with E-state index < -0.39 is 0 Å². The molecule has 2 aliphatic rings. The molecule has 1 atom stereocenters. The summed E-state index contributed by atoms with van der Waals surface area (Å²) in [5.74, 6) is 2.26. The van der Waals surface area contributed by atoms with Crippen molar-refractivity contribution in [3.05, 3.63) is 5.89 Å². The number of rotatable bonds is 4. The number of likely N-dealkylation sites (tertiary alicyclic amines) is 1. The van der Waals surface area contributed by atoms with Gasteiger partial charge in [0.2, 0.25) is 5.89 Å². The van der Waals surface area contributed by atoms with Crippen LogP contribution in [-0.2, 0) is 6.54 Å². The predicted octanol–water partition coefficient (Wildman–Crippen LogP) is 2.68. The maximum Gasteiger partial charge on any atom is 0.265 e. The van der Waals surface area contributed by atoms with Gasteiger partial charge in [0, 0.05) is 26.2 Å².